The van der Waals surface area contributed by atoms with Crippen molar-refractivity contribution in [1.82, 2.24) is 9.88 Å². The quantitative estimate of drug-likeness (QED) is 0.909. The number of carbonyl (C=O) groups excluding carboxylic acids is 1. The van der Waals surface area contributed by atoms with Crippen molar-refractivity contribution in [2.45, 2.75) is 45.8 Å². The molecule has 1 aromatic heterocycles. The van der Waals surface area contributed by atoms with Crippen molar-refractivity contribution in [3.63, 3.8) is 0 Å². The Morgan fingerprint density at radius 3 is 2.80 bits per heavy atom. The van der Waals surface area contributed by atoms with E-state index in [4.69, 9.17) is 4.74 Å². The number of aryl methyl sites for hydroxylation is 1. The second-order valence-corrected chi connectivity index (χ2v) is 7.58. The van der Waals surface area contributed by atoms with Gasteiger partial charge in [0.25, 0.3) is 0 Å². The molecular formula is C14H22N2O3S. The highest BCUT2D eigenvalue weighted by Gasteiger charge is 2.36. The molecule has 1 aliphatic heterocycles. The lowest BCUT2D eigenvalue weighted by atomic mass is 10.0. The maximum Gasteiger partial charge on any atom is 0.410 e. The zero-order valence-electron chi connectivity index (χ0n) is 12.4. The fourth-order valence-corrected chi connectivity index (χ4v) is 3.18. The molecule has 1 N–H and O–H groups in total. The van der Waals surface area contributed by atoms with Crippen LogP contribution in [0.1, 0.15) is 30.7 Å². The minimum absolute atomic E-state index is 0.0577. The van der Waals surface area contributed by atoms with Crippen LogP contribution in [0, 0.1) is 12.8 Å². The van der Waals surface area contributed by atoms with E-state index in [1.54, 1.807) is 16.2 Å². The molecule has 1 fully saturated rings. The van der Waals surface area contributed by atoms with Gasteiger partial charge in [-0.05, 0) is 34.1 Å². The lowest BCUT2D eigenvalue weighted by Gasteiger charge is -2.24. The number of aromatic nitrogens is 1. The van der Waals surface area contributed by atoms with Gasteiger partial charge in [-0.15, -0.1) is 11.3 Å². The number of aliphatic hydroxyl groups excluding tert-OH is 1. The van der Waals surface area contributed by atoms with Crippen LogP contribution in [0.2, 0.25) is 0 Å². The van der Waals surface area contributed by atoms with Gasteiger partial charge in [-0.2, -0.15) is 0 Å². The summed E-state index contributed by atoms with van der Waals surface area (Å²) in [6.45, 7) is 8.37. The Bertz CT molecular complexity index is 481. The van der Waals surface area contributed by atoms with E-state index in [1.165, 1.54) is 0 Å². The Balaban J connectivity index is 1.93. The summed E-state index contributed by atoms with van der Waals surface area (Å²) in [5.74, 6) is 0.0577. The fraction of sp³-hybridized carbons (Fsp3) is 0.714. The highest BCUT2D eigenvalue weighted by atomic mass is 32.1. The van der Waals surface area contributed by atoms with Crippen molar-refractivity contribution < 1.29 is 14.6 Å². The van der Waals surface area contributed by atoms with Crippen LogP contribution in [0.4, 0.5) is 4.79 Å². The lowest BCUT2D eigenvalue weighted by Crippen LogP contribution is -2.35. The molecule has 1 aliphatic rings. The number of amides is 1. The molecule has 1 amide bonds. The smallest absolute Gasteiger partial charge is 0.410 e. The number of carbonyl (C=O) groups is 1. The Morgan fingerprint density at radius 2 is 2.25 bits per heavy atom. The van der Waals surface area contributed by atoms with Gasteiger partial charge in [-0.1, -0.05) is 0 Å². The van der Waals surface area contributed by atoms with Gasteiger partial charge in [0, 0.05) is 23.5 Å². The molecular weight excluding hydrogens is 276 g/mol. The fourth-order valence-electron chi connectivity index (χ4n) is 2.29. The maximum absolute atomic E-state index is 12.0. The number of β-amino-alcohol motifs (C(OH)–C–C–N with tert-alkyl or cyclic N) is 1. The van der Waals surface area contributed by atoms with Crippen molar-refractivity contribution >= 4 is 17.4 Å². The molecule has 20 heavy (non-hydrogen) atoms. The number of aliphatic hydroxyl groups is 1. The predicted octanol–water partition coefficient (Wildman–Crippen LogP) is 2.22. The molecule has 0 aromatic carbocycles. The maximum atomic E-state index is 12.0. The Hall–Kier alpha value is -1.14. The highest BCUT2D eigenvalue weighted by Crippen LogP contribution is 2.25. The summed E-state index contributed by atoms with van der Waals surface area (Å²) in [7, 11) is 0. The van der Waals surface area contributed by atoms with E-state index in [0.717, 1.165) is 16.3 Å². The number of thiazole rings is 1. The zero-order chi connectivity index (χ0) is 14.9. The first-order valence-corrected chi connectivity index (χ1v) is 7.63. The van der Waals surface area contributed by atoms with Crippen LogP contribution in [0.15, 0.2) is 6.20 Å². The standard InChI is InChI=1S/C14H22N2O3S/c1-9-15-6-11(20-9)5-10-7-16(8-12(10)17)13(18)19-14(2,3)4/h6,10,12,17H,5,7-8H2,1-4H3. The van der Waals surface area contributed by atoms with E-state index in [0.29, 0.717) is 13.1 Å². The van der Waals surface area contributed by atoms with Gasteiger partial charge < -0.3 is 14.7 Å². The third kappa shape index (κ3) is 3.93. The molecule has 5 nitrogen and oxygen atoms in total. The first-order chi connectivity index (χ1) is 9.24. The van der Waals surface area contributed by atoms with Crippen LogP contribution in [-0.2, 0) is 11.2 Å². The van der Waals surface area contributed by atoms with Crippen LogP contribution in [0.5, 0.6) is 0 Å². The summed E-state index contributed by atoms with van der Waals surface area (Å²) in [4.78, 5) is 19.0. The van der Waals surface area contributed by atoms with Gasteiger partial charge in [0.15, 0.2) is 0 Å². The largest absolute Gasteiger partial charge is 0.444 e. The van der Waals surface area contributed by atoms with Crippen molar-refractivity contribution in [2.24, 2.45) is 5.92 Å². The normalized spacial score (nSPS) is 23.1. The molecule has 2 rings (SSSR count). The van der Waals surface area contributed by atoms with E-state index in [1.807, 2.05) is 33.9 Å². The van der Waals surface area contributed by atoms with Gasteiger partial charge >= 0.3 is 6.09 Å². The molecule has 0 radical (unpaired) electrons. The number of hydrogen-bond acceptors (Lipinski definition) is 5. The summed E-state index contributed by atoms with van der Waals surface area (Å²) >= 11 is 1.64. The first-order valence-electron chi connectivity index (χ1n) is 6.82. The summed E-state index contributed by atoms with van der Waals surface area (Å²) in [5, 5.41) is 11.1. The minimum Gasteiger partial charge on any atom is -0.444 e. The summed E-state index contributed by atoms with van der Waals surface area (Å²) in [5.41, 5.74) is -0.505. The van der Waals surface area contributed by atoms with Gasteiger partial charge in [-0.3, -0.25) is 0 Å². The molecule has 1 saturated heterocycles. The number of hydrogen-bond donors (Lipinski definition) is 1. The number of rotatable bonds is 2. The van der Waals surface area contributed by atoms with Gasteiger partial charge in [-0.25, -0.2) is 9.78 Å². The van der Waals surface area contributed by atoms with Gasteiger partial charge in [0.1, 0.15) is 5.60 Å². The second kappa shape index (κ2) is 5.69. The molecule has 2 heterocycles. The third-order valence-electron chi connectivity index (χ3n) is 3.19. The second-order valence-electron chi connectivity index (χ2n) is 6.26. The average Bonchev–Trinajstić information content (AvgIpc) is 2.85. The van der Waals surface area contributed by atoms with Crippen LogP contribution in [-0.4, -0.2) is 45.9 Å². The van der Waals surface area contributed by atoms with Crippen LogP contribution < -0.4 is 0 Å². The Morgan fingerprint density at radius 1 is 1.55 bits per heavy atom. The SMILES string of the molecule is Cc1ncc(CC2CN(C(=O)OC(C)(C)C)CC2O)s1. The van der Waals surface area contributed by atoms with E-state index < -0.39 is 11.7 Å². The van der Waals surface area contributed by atoms with Crippen molar-refractivity contribution in [3.05, 3.63) is 16.1 Å². The van der Waals surface area contributed by atoms with Crippen LogP contribution in [0.3, 0.4) is 0 Å². The topological polar surface area (TPSA) is 62.7 Å². The highest BCUT2D eigenvalue weighted by molar-refractivity contribution is 7.11. The molecule has 1 aromatic rings. The molecule has 2 atom stereocenters. The minimum atomic E-state index is -0.505. The molecule has 0 bridgehead atoms. The summed E-state index contributed by atoms with van der Waals surface area (Å²) < 4.78 is 5.34. The lowest BCUT2D eigenvalue weighted by molar-refractivity contribution is 0.0270. The predicted molar refractivity (Wildman–Crippen MR) is 77.9 cm³/mol. The van der Waals surface area contributed by atoms with Gasteiger partial charge in [0.05, 0.1) is 17.7 Å². The molecule has 6 heteroatoms. The number of ether oxygens (including phenoxy) is 1. The molecule has 112 valence electrons. The van der Waals surface area contributed by atoms with Crippen LogP contribution >= 0.6 is 11.3 Å². The molecule has 2 unspecified atom stereocenters. The van der Waals surface area contributed by atoms with Crippen LogP contribution in [0.25, 0.3) is 0 Å². The summed E-state index contributed by atoms with van der Waals surface area (Å²) in [6.07, 6.45) is 1.76. The Kier molecular flexibility index (Phi) is 4.34. The van der Waals surface area contributed by atoms with Crippen molar-refractivity contribution in [3.8, 4) is 0 Å². The van der Waals surface area contributed by atoms with E-state index >= 15 is 0 Å². The van der Waals surface area contributed by atoms with E-state index in [2.05, 4.69) is 4.98 Å². The Labute approximate surface area is 123 Å². The molecule has 0 saturated carbocycles. The molecule has 0 spiro atoms. The molecule has 0 aliphatic carbocycles. The first kappa shape index (κ1) is 15.3. The van der Waals surface area contributed by atoms with E-state index in [-0.39, 0.29) is 12.0 Å². The summed E-state index contributed by atoms with van der Waals surface area (Å²) in [6, 6.07) is 0. The van der Waals surface area contributed by atoms with Crippen molar-refractivity contribution in [2.75, 3.05) is 13.1 Å². The van der Waals surface area contributed by atoms with Crippen molar-refractivity contribution in [1.29, 1.82) is 0 Å². The zero-order valence-corrected chi connectivity index (χ0v) is 13.2. The number of nitrogens with zero attached hydrogens (tertiary/aromatic N) is 2. The van der Waals surface area contributed by atoms with Gasteiger partial charge in [0.2, 0.25) is 0 Å². The number of likely N-dealkylation sites (tertiary alicyclic amines) is 1. The monoisotopic (exact) mass is 298 g/mol. The van der Waals surface area contributed by atoms with E-state index in [9.17, 15) is 9.90 Å². The average molecular weight is 298 g/mol. The third-order valence-corrected chi connectivity index (χ3v) is 4.13.